The number of carbonyl (C=O) groups excluding carboxylic acids is 2. The SMILES string of the molecule is CCCCC(=O)OCc1cc(C)cc(Cc2cc(C)cc(COC(=O)CCCC)c2O)c1O. The van der Waals surface area contributed by atoms with Gasteiger partial charge in [-0.2, -0.15) is 0 Å². The lowest BCUT2D eigenvalue weighted by atomic mass is 9.95. The van der Waals surface area contributed by atoms with Crippen LogP contribution in [0, 0.1) is 13.8 Å². The summed E-state index contributed by atoms with van der Waals surface area (Å²) in [6.45, 7) is 7.83. The first-order valence-electron chi connectivity index (χ1n) is 11.7. The maximum atomic E-state index is 11.9. The normalized spacial score (nSPS) is 10.8. The van der Waals surface area contributed by atoms with Crippen LogP contribution in [0.15, 0.2) is 24.3 Å². The molecule has 33 heavy (non-hydrogen) atoms. The Hall–Kier alpha value is -3.02. The van der Waals surface area contributed by atoms with Gasteiger partial charge in [0, 0.05) is 30.4 Å². The van der Waals surface area contributed by atoms with Gasteiger partial charge in [0.2, 0.25) is 0 Å². The Morgan fingerprint density at radius 1 is 0.697 bits per heavy atom. The summed E-state index contributed by atoms with van der Waals surface area (Å²) in [6.07, 6.45) is 4.37. The van der Waals surface area contributed by atoms with Gasteiger partial charge < -0.3 is 19.7 Å². The molecule has 6 nitrogen and oxygen atoms in total. The Labute approximate surface area is 196 Å². The zero-order valence-corrected chi connectivity index (χ0v) is 20.2. The second-order valence-electron chi connectivity index (χ2n) is 8.57. The highest BCUT2D eigenvalue weighted by Gasteiger charge is 2.16. The van der Waals surface area contributed by atoms with Gasteiger partial charge in [0.1, 0.15) is 24.7 Å². The molecule has 6 heteroatoms. The zero-order chi connectivity index (χ0) is 24.4. The van der Waals surface area contributed by atoms with Gasteiger partial charge in [-0.1, -0.05) is 49.9 Å². The summed E-state index contributed by atoms with van der Waals surface area (Å²) in [7, 11) is 0. The Morgan fingerprint density at radius 2 is 1.06 bits per heavy atom. The van der Waals surface area contributed by atoms with Crippen LogP contribution in [0.25, 0.3) is 0 Å². The third-order valence-electron chi connectivity index (χ3n) is 5.45. The van der Waals surface area contributed by atoms with Crippen LogP contribution in [-0.4, -0.2) is 22.2 Å². The maximum absolute atomic E-state index is 11.9. The summed E-state index contributed by atoms with van der Waals surface area (Å²) in [5.41, 5.74) is 4.15. The smallest absolute Gasteiger partial charge is 0.306 e. The molecular weight excluding hydrogens is 420 g/mol. The molecule has 0 heterocycles. The van der Waals surface area contributed by atoms with Crippen molar-refractivity contribution >= 4 is 11.9 Å². The summed E-state index contributed by atoms with van der Waals surface area (Å²) in [5.74, 6) is -0.461. The van der Waals surface area contributed by atoms with Gasteiger partial charge in [0.25, 0.3) is 0 Å². The fraction of sp³-hybridized carbons (Fsp3) is 0.481. The first-order valence-corrected chi connectivity index (χ1v) is 11.7. The number of ether oxygens (including phenoxy) is 2. The molecule has 0 fully saturated rings. The van der Waals surface area contributed by atoms with Crippen LogP contribution in [0.3, 0.4) is 0 Å². The van der Waals surface area contributed by atoms with E-state index in [-0.39, 0.29) is 43.1 Å². The minimum absolute atomic E-state index is 0.00181. The quantitative estimate of drug-likeness (QED) is 0.394. The average molecular weight is 457 g/mol. The fourth-order valence-electron chi connectivity index (χ4n) is 3.67. The predicted octanol–water partition coefficient (Wildman–Crippen LogP) is 5.77. The maximum Gasteiger partial charge on any atom is 0.306 e. The zero-order valence-electron chi connectivity index (χ0n) is 20.2. The molecule has 0 aromatic heterocycles. The van der Waals surface area contributed by atoms with Crippen LogP contribution in [0.4, 0.5) is 0 Å². The molecule has 0 aliphatic carbocycles. The largest absolute Gasteiger partial charge is 0.507 e. The molecule has 0 spiro atoms. The molecule has 2 aromatic carbocycles. The predicted molar refractivity (Wildman–Crippen MR) is 127 cm³/mol. The molecule has 180 valence electrons. The molecule has 0 atom stereocenters. The van der Waals surface area contributed by atoms with E-state index in [0.29, 0.717) is 35.1 Å². The number of benzene rings is 2. The second-order valence-corrected chi connectivity index (χ2v) is 8.57. The first-order chi connectivity index (χ1) is 15.7. The van der Waals surface area contributed by atoms with Crippen LogP contribution in [0.1, 0.15) is 85.8 Å². The molecule has 2 N–H and O–H groups in total. The molecule has 0 radical (unpaired) electrons. The molecule has 2 aromatic rings. The number of rotatable bonds is 12. The minimum atomic E-state index is -0.284. The number of hydrogen-bond donors (Lipinski definition) is 2. The van der Waals surface area contributed by atoms with E-state index in [4.69, 9.17) is 9.47 Å². The van der Waals surface area contributed by atoms with Crippen molar-refractivity contribution < 1.29 is 29.3 Å². The highest BCUT2D eigenvalue weighted by Crippen LogP contribution is 2.32. The Bertz CT molecular complexity index is 886. The van der Waals surface area contributed by atoms with Gasteiger partial charge in [0.05, 0.1) is 0 Å². The van der Waals surface area contributed by atoms with E-state index in [1.165, 1.54) is 0 Å². The highest BCUT2D eigenvalue weighted by atomic mass is 16.5. The van der Waals surface area contributed by atoms with E-state index < -0.39 is 0 Å². The Balaban J connectivity index is 2.19. The third-order valence-corrected chi connectivity index (χ3v) is 5.45. The number of unbranched alkanes of at least 4 members (excludes halogenated alkanes) is 2. The van der Waals surface area contributed by atoms with Crippen molar-refractivity contribution in [3.63, 3.8) is 0 Å². The van der Waals surface area contributed by atoms with Crippen molar-refractivity contribution in [2.45, 2.75) is 85.9 Å². The van der Waals surface area contributed by atoms with Gasteiger partial charge in [0.15, 0.2) is 0 Å². The van der Waals surface area contributed by atoms with E-state index in [1.807, 2.05) is 39.8 Å². The second kappa shape index (κ2) is 12.9. The van der Waals surface area contributed by atoms with Gasteiger partial charge in [-0.3, -0.25) is 9.59 Å². The number of hydrogen-bond acceptors (Lipinski definition) is 6. The number of carbonyl (C=O) groups is 2. The molecule has 0 saturated heterocycles. The van der Waals surface area contributed by atoms with Gasteiger partial charge >= 0.3 is 11.9 Å². The van der Waals surface area contributed by atoms with Crippen molar-refractivity contribution in [3.05, 3.63) is 57.6 Å². The topological polar surface area (TPSA) is 93.1 Å². The van der Waals surface area contributed by atoms with Crippen LogP contribution in [-0.2, 0) is 38.7 Å². The third kappa shape index (κ3) is 8.12. The molecule has 0 aliphatic heterocycles. The van der Waals surface area contributed by atoms with Crippen molar-refractivity contribution in [3.8, 4) is 11.5 Å². The lowest BCUT2D eigenvalue weighted by Crippen LogP contribution is -2.06. The molecular formula is C27H36O6. The fourth-order valence-corrected chi connectivity index (χ4v) is 3.67. The van der Waals surface area contributed by atoms with E-state index in [1.54, 1.807) is 12.1 Å². The average Bonchev–Trinajstić information content (AvgIpc) is 2.78. The molecule has 0 saturated carbocycles. The minimum Gasteiger partial charge on any atom is -0.507 e. The van der Waals surface area contributed by atoms with E-state index in [0.717, 1.165) is 36.8 Å². The van der Waals surface area contributed by atoms with Crippen LogP contribution >= 0.6 is 0 Å². The summed E-state index contributed by atoms with van der Waals surface area (Å²) >= 11 is 0. The summed E-state index contributed by atoms with van der Waals surface area (Å²) in [5, 5.41) is 21.6. The van der Waals surface area contributed by atoms with Crippen molar-refractivity contribution in [2.24, 2.45) is 0 Å². The van der Waals surface area contributed by atoms with Crippen molar-refractivity contribution in [1.29, 1.82) is 0 Å². The van der Waals surface area contributed by atoms with Gasteiger partial charge in [-0.25, -0.2) is 0 Å². The Morgan fingerprint density at radius 3 is 1.42 bits per heavy atom. The van der Waals surface area contributed by atoms with Crippen molar-refractivity contribution in [2.75, 3.05) is 0 Å². The number of esters is 2. The van der Waals surface area contributed by atoms with Gasteiger partial charge in [-0.05, 0) is 49.9 Å². The number of phenols is 2. The van der Waals surface area contributed by atoms with Crippen LogP contribution in [0.2, 0.25) is 0 Å². The lowest BCUT2D eigenvalue weighted by Gasteiger charge is -2.15. The number of aromatic hydroxyl groups is 2. The monoisotopic (exact) mass is 456 g/mol. The van der Waals surface area contributed by atoms with Crippen molar-refractivity contribution in [1.82, 2.24) is 0 Å². The first kappa shape index (κ1) is 26.2. The van der Waals surface area contributed by atoms with E-state index in [9.17, 15) is 19.8 Å². The number of phenolic OH excluding ortho intramolecular Hbond substituents is 2. The standard InChI is InChI=1S/C27H36O6/c1-5-7-9-24(28)32-16-22-13-18(3)11-20(26(22)30)15-21-12-19(4)14-23(27(21)31)17-33-25(29)10-8-6-2/h11-14,30-31H,5-10,15-17H2,1-4H3. The van der Waals surface area contributed by atoms with E-state index in [2.05, 4.69) is 0 Å². The molecule has 0 aliphatic rings. The summed E-state index contributed by atoms with van der Waals surface area (Å²) < 4.78 is 10.6. The summed E-state index contributed by atoms with van der Waals surface area (Å²) in [4.78, 5) is 23.7. The Kier molecular flexibility index (Phi) is 10.2. The van der Waals surface area contributed by atoms with E-state index >= 15 is 0 Å². The molecule has 2 rings (SSSR count). The molecule has 0 unspecified atom stereocenters. The lowest BCUT2D eigenvalue weighted by molar-refractivity contribution is -0.146. The molecule has 0 bridgehead atoms. The van der Waals surface area contributed by atoms with Crippen LogP contribution < -0.4 is 0 Å². The highest BCUT2D eigenvalue weighted by molar-refractivity contribution is 5.69. The molecule has 0 amide bonds. The number of aryl methyl sites for hydroxylation is 2. The summed E-state index contributed by atoms with van der Waals surface area (Å²) in [6, 6.07) is 7.29. The van der Waals surface area contributed by atoms with Gasteiger partial charge in [-0.15, -0.1) is 0 Å². The van der Waals surface area contributed by atoms with Crippen LogP contribution in [0.5, 0.6) is 11.5 Å².